The van der Waals surface area contributed by atoms with Crippen molar-refractivity contribution in [2.24, 2.45) is 0 Å². The maximum Gasteiger partial charge on any atom is 0.105 e. The first kappa shape index (κ1) is 8.26. The van der Waals surface area contributed by atoms with Gasteiger partial charge in [-0.15, -0.1) is 0 Å². The van der Waals surface area contributed by atoms with Crippen LogP contribution in [-0.2, 0) is 4.74 Å². The third-order valence-electron chi connectivity index (χ3n) is 2.15. The number of nitrogens with zero attached hydrogens (tertiary/aromatic N) is 2. The first-order valence-corrected chi connectivity index (χ1v) is 4.92. The van der Waals surface area contributed by atoms with Crippen LogP contribution in [0.1, 0.15) is 18.9 Å². The molecule has 0 saturated carbocycles. The van der Waals surface area contributed by atoms with E-state index in [1.165, 1.54) is 6.42 Å². The van der Waals surface area contributed by atoms with Crippen molar-refractivity contribution in [3.8, 4) is 0 Å². The maximum atomic E-state index is 5.39. The predicted molar refractivity (Wildman–Crippen MR) is 49.0 cm³/mol. The van der Waals surface area contributed by atoms with Gasteiger partial charge in [0.15, 0.2) is 0 Å². The predicted octanol–water partition coefficient (Wildman–Crippen LogP) is 2.00. The van der Waals surface area contributed by atoms with Gasteiger partial charge in [0, 0.05) is 6.61 Å². The van der Waals surface area contributed by atoms with Crippen molar-refractivity contribution in [3.05, 3.63) is 17.1 Å². The van der Waals surface area contributed by atoms with Crippen LogP contribution in [0.4, 0.5) is 0 Å². The second-order valence-corrected chi connectivity index (χ2v) is 3.81. The number of aromatic nitrogens is 2. The molecule has 66 valence electrons. The zero-order chi connectivity index (χ0) is 8.39. The Morgan fingerprint density at radius 1 is 1.67 bits per heavy atom. The minimum atomic E-state index is 0.468. The van der Waals surface area contributed by atoms with Crippen LogP contribution in [-0.4, -0.2) is 22.8 Å². The van der Waals surface area contributed by atoms with Gasteiger partial charge in [-0.1, -0.05) is 0 Å². The van der Waals surface area contributed by atoms with E-state index < -0.39 is 0 Å². The summed E-state index contributed by atoms with van der Waals surface area (Å²) in [6.07, 6.45) is 6.00. The Balaban J connectivity index is 2.13. The first-order valence-electron chi connectivity index (χ1n) is 4.13. The fourth-order valence-corrected chi connectivity index (χ4v) is 2.00. The Morgan fingerprint density at radius 3 is 3.17 bits per heavy atom. The van der Waals surface area contributed by atoms with Gasteiger partial charge < -0.3 is 9.30 Å². The van der Waals surface area contributed by atoms with Gasteiger partial charge in [-0.3, -0.25) is 0 Å². The van der Waals surface area contributed by atoms with Crippen LogP contribution in [0.5, 0.6) is 0 Å². The number of ether oxygens (including phenoxy) is 1. The van der Waals surface area contributed by atoms with Crippen molar-refractivity contribution < 1.29 is 4.74 Å². The molecule has 1 aromatic rings. The molecular formula is C8H11BrN2O. The van der Waals surface area contributed by atoms with E-state index >= 15 is 0 Å². The van der Waals surface area contributed by atoms with Gasteiger partial charge in [-0.05, 0) is 28.8 Å². The SMILES string of the molecule is Brc1cncn1C1CCCOC1. The topological polar surface area (TPSA) is 27.1 Å². The standard InChI is InChI=1S/C8H11BrN2O/c9-8-4-10-6-11(8)7-2-1-3-12-5-7/h4,6-7H,1-3,5H2. The number of hydrogen-bond donors (Lipinski definition) is 0. The van der Waals surface area contributed by atoms with Gasteiger partial charge >= 0.3 is 0 Å². The molecule has 0 radical (unpaired) electrons. The van der Waals surface area contributed by atoms with Crippen LogP contribution in [0.15, 0.2) is 17.1 Å². The molecular weight excluding hydrogens is 220 g/mol. The van der Waals surface area contributed by atoms with Gasteiger partial charge in [0.05, 0.1) is 25.2 Å². The molecule has 1 aliphatic rings. The summed E-state index contributed by atoms with van der Waals surface area (Å²) in [6.45, 7) is 1.72. The van der Waals surface area contributed by atoms with Crippen molar-refractivity contribution >= 4 is 15.9 Å². The summed E-state index contributed by atoms with van der Waals surface area (Å²) in [5, 5.41) is 0. The van der Waals surface area contributed by atoms with Gasteiger partial charge in [0.2, 0.25) is 0 Å². The van der Waals surface area contributed by atoms with E-state index in [-0.39, 0.29) is 0 Å². The summed E-state index contributed by atoms with van der Waals surface area (Å²) in [7, 11) is 0. The molecule has 1 aromatic heterocycles. The van der Waals surface area contributed by atoms with Gasteiger partial charge in [0.25, 0.3) is 0 Å². The number of rotatable bonds is 1. The van der Waals surface area contributed by atoms with E-state index in [1.54, 1.807) is 0 Å². The lowest BCUT2D eigenvalue weighted by Gasteiger charge is -2.23. The smallest absolute Gasteiger partial charge is 0.105 e. The lowest BCUT2D eigenvalue weighted by atomic mass is 10.1. The highest BCUT2D eigenvalue weighted by Crippen LogP contribution is 2.23. The monoisotopic (exact) mass is 230 g/mol. The Hall–Kier alpha value is -0.350. The van der Waals surface area contributed by atoms with Crippen LogP contribution >= 0.6 is 15.9 Å². The molecule has 4 heteroatoms. The van der Waals surface area contributed by atoms with Crippen molar-refractivity contribution in [2.45, 2.75) is 18.9 Å². The lowest BCUT2D eigenvalue weighted by Crippen LogP contribution is -2.20. The average molecular weight is 231 g/mol. The van der Waals surface area contributed by atoms with Crippen LogP contribution in [0.25, 0.3) is 0 Å². The molecule has 3 nitrogen and oxygen atoms in total. The normalized spacial score (nSPS) is 24.2. The Morgan fingerprint density at radius 2 is 2.58 bits per heavy atom. The molecule has 1 saturated heterocycles. The average Bonchev–Trinajstić information content (AvgIpc) is 2.53. The Labute approximate surface area is 79.9 Å². The van der Waals surface area contributed by atoms with E-state index in [1.807, 2.05) is 12.5 Å². The molecule has 2 heterocycles. The molecule has 1 aliphatic heterocycles. The molecule has 0 amide bonds. The van der Waals surface area contributed by atoms with Crippen molar-refractivity contribution in [1.29, 1.82) is 0 Å². The lowest BCUT2D eigenvalue weighted by molar-refractivity contribution is 0.0585. The number of imidazole rings is 1. The van der Waals surface area contributed by atoms with E-state index in [2.05, 4.69) is 25.5 Å². The highest BCUT2D eigenvalue weighted by Gasteiger charge is 2.16. The van der Waals surface area contributed by atoms with Crippen LogP contribution in [0.3, 0.4) is 0 Å². The second kappa shape index (κ2) is 3.58. The van der Waals surface area contributed by atoms with Gasteiger partial charge in [-0.2, -0.15) is 0 Å². The molecule has 2 rings (SSSR count). The largest absolute Gasteiger partial charge is 0.379 e. The van der Waals surface area contributed by atoms with E-state index in [4.69, 9.17) is 4.74 Å². The summed E-state index contributed by atoms with van der Waals surface area (Å²) < 4.78 is 8.56. The third kappa shape index (κ3) is 1.54. The van der Waals surface area contributed by atoms with Crippen molar-refractivity contribution in [1.82, 2.24) is 9.55 Å². The summed E-state index contributed by atoms with van der Waals surface area (Å²) in [4.78, 5) is 4.06. The first-order chi connectivity index (χ1) is 5.88. The molecule has 0 aliphatic carbocycles. The van der Waals surface area contributed by atoms with Crippen molar-refractivity contribution in [2.75, 3.05) is 13.2 Å². The Kier molecular flexibility index (Phi) is 2.46. The van der Waals surface area contributed by atoms with Crippen LogP contribution in [0.2, 0.25) is 0 Å². The zero-order valence-electron chi connectivity index (χ0n) is 6.74. The Bertz CT molecular complexity index is 255. The van der Waals surface area contributed by atoms with Gasteiger partial charge in [-0.25, -0.2) is 4.98 Å². The quantitative estimate of drug-likeness (QED) is 0.739. The van der Waals surface area contributed by atoms with E-state index in [0.29, 0.717) is 6.04 Å². The molecule has 1 unspecified atom stereocenters. The summed E-state index contributed by atoms with van der Waals surface area (Å²) in [5.41, 5.74) is 0. The minimum absolute atomic E-state index is 0.468. The fourth-order valence-electron chi connectivity index (χ4n) is 1.50. The number of halogens is 1. The van der Waals surface area contributed by atoms with Crippen LogP contribution < -0.4 is 0 Å². The molecule has 0 aromatic carbocycles. The fraction of sp³-hybridized carbons (Fsp3) is 0.625. The van der Waals surface area contributed by atoms with E-state index in [0.717, 1.165) is 24.2 Å². The van der Waals surface area contributed by atoms with Crippen molar-refractivity contribution in [3.63, 3.8) is 0 Å². The molecule has 0 spiro atoms. The summed E-state index contributed by atoms with van der Waals surface area (Å²) >= 11 is 3.45. The molecule has 0 bridgehead atoms. The van der Waals surface area contributed by atoms with Crippen LogP contribution in [0, 0.1) is 0 Å². The molecule has 12 heavy (non-hydrogen) atoms. The zero-order valence-corrected chi connectivity index (χ0v) is 8.33. The molecule has 1 fully saturated rings. The molecule has 1 atom stereocenters. The highest BCUT2D eigenvalue weighted by molar-refractivity contribution is 9.10. The second-order valence-electron chi connectivity index (χ2n) is 2.99. The third-order valence-corrected chi connectivity index (χ3v) is 2.76. The maximum absolute atomic E-state index is 5.39. The summed E-state index contributed by atoms with van der Waals surface area (Å²) in [5.74, 6) is 0. The summed E-state index contributed by atoms with van der Waals surface area (Å²) in [6, 6.07) is 0.468. The minimum Gasteiger partial charge on any atom is -0.379 e. The van der Waals surface area contributed by atoms with Gasteiger partial charge in [0.1, 0.15) is 4.60 Å². The van der Waals surface area contributed by atoms with E-state index in [9.17, 15) is 0 Å². The highest BCUT2D eigenvalue weighted by atomic mass is 79.9. The number of hydrogen-bond acceptors (Lipinski definition) is 2. The molecule has 0 N–H and O–H groups in total.